The van der Waals surface area contributed by atoms with Gasteiger partial charge in [0.25, 0.3) is 0 Å². The zero-order valence-electron chi connectivity index (χ0n) is 12.4. The number of rotatable bonds is 4. The highest BCUT2D eigenvalue weighted by molar-refractivity contribution is 4.89. The second-order valence-electron chi connectivity index (χ2n) is 7.03. The average Bonchev–Trinajstić information content (AvgIpc) is 2.08. The first-order valence-electron chi connectivity index (χ1n) is 6.79. The van der Waals surface area contributed by atoms with E-state index in [1.807, 2.05) is 0 Å². The highest BCUT2D eigenvalue weighted by atomic mass is 16.5. The summed E-state index contributed by atoms with van der Waals surface area (Å²) in [5.74, 6) is 0.567. The van der Waals surface area contributed by atoms with Crippen LogP contribution in [0.5, 0.6) is 0 Å². The van der Waals surface area contributed by atoms with Crippen LogP contribution in [0.3, 0.4) is 0 Å². The second-order valence-corrected chi connectivity index (χ2v) is 7.03. The number of hydrogen-bond donors (Lipinski definition) is 1. The number of ether oxygens (including phenoxy) is 1. The molecule has 0 bridgehead atoms. The van der Waals surface area contributed by atoms with E-state index in [1.165, 1.54) is 0 Å². The van der Waals surface area contributed by atoms with E-state index in [0.29, 0.717) is 12.0 Å². The Bertz CT molecular complexity index is 233. The van der Waals surface area contributed by atoms with Crippen LogP contribution >= 0.6 is 0 Å². The molecular weight excluding hydrogens is 212 g/mol. The van der Waals surface area contributed by atoms with Gasteiger partial charge in [0.15, 0.2) is 0 Å². The average molecular weight is 242 g/mol. The lowest BCUT2D eigenvalue weighted by Gasteiger charge is -2.47. The van der Waals surface area contributed by atoms with Crippen molar-refractivity contribution >= 4 is 0 Å². The maximum atomic E-state index is 6.11. The predicted molar refractivity (Wildman–Crippen MR) is 73.1 cm³/mol. The summed E-state index contributed by atoms with van der Waals surface area (Å²) in [6.07, 6.45) is 1.07. The third-order valence-electron chi connectivity index (χ3n) is 3.40. The van der Waals surface area contributed by atoms with Crippen LogP contribution in [0, 0.1) is 5.92 Å². The standard InChI is InChI=1S/C14H30N2O/c1-11(2)12(15)7-8-16-9-13(3,4)17-14(5,6)10-16/h11-12H,7-10,15H2,1-6H3. The van der Waals surface area contributed by atoms with Crippen molar-refractivity contribution in [2.45, 2.75) is 65.2 Å². The van der Waals surface area contributed by atoms with E-state index < -0.39 is 0 Å². The first-order valence-corrected chi connectivity index (χ1v) is 6.79. The molecule has 1 saturated heterocycles. The summed E-state index contributed by atoms with van der Waals surface area (Å²) in [6.45, 7) is 16.1. The van der Waals surface area contributed by atoms with Crippen molar-refractivity contribution in [2.75, 3.05) is 19.6 Å². The molecule has 1 heterocycles. The van der Waals surface area contributed by atoms with Gasteiger partial charge in [0, 0.05) is 19.1 Å². The van der Waals surface area contributed by atoms with E-state index in [-0.39, 0.29) is 11.2 Å². The quantitative estimate of drug-likeness (QED) is 0.822. The van der Waals surface area contributed by atoms with E-state index in [1.54, 1.807) is 0 Å². The molecule has 1 rings (SSSR count). The lowest BCUT2D eigenvalue weighted by molar-refractivity contribution is -0.180. The Kier molecular flexibility index (Phi) is 4.61. The molecule has 0 radical (unpaired) electrons. The minimum atomic E-state index is -0.0519. The Morgan fingerprint density at radius 2 is 1.59 bits per heavy atom. The van der Waals surface area contributed by atoms with Crippen LogP contribution in [0.25, 0.3) is 0 Å². The minimum Gasteiger partial charge on any atom is -0.367 e. The smallest absolute Gasteiger partial charge is 0.0760 e. The second kappa shape index (κ2) is 5.25. The highest BCUT2D eigenvalue weighted by Crippen LogP contribution is 2.28. The van der Waals surface area contributed by atoms with Gasteiger partial charge in [0.1, 0.15) is 0 Å². The van der Waals surface area contributed by atoms with Crippen LogP contribution in [-0.4, -0.2) is 41.8 Å². The van der Waals surface area contributed by atoms with Gasteiger partial charge < -0.3 is 10.5 Å². The van der Waals surface area contributed by atoms with Gasteiger partial charge in [-0.2, -0.15) is 0 Å². The molecular formula is C14H30N2O. The van der Waals surface area contributed by atoms with Crippen molar-refractivity contribution in [1.29, 1.82) is 0 Å². The molecule has 17 heavy (non-hydrogen) atoms. The maximum absolute atomic E-state index is 6.11. The molecule has 0 aromatic rings. The van der Waals surface area contributed by atoms with Crippen molar-refractivity contribution in [3.8, 4) is 0 Å². The molecule has 3 nitrogen and oxygen atoms in total. The SMILES string of the molecule is CC(C)C(N)CCN1CC(C)(C)OC(C)(C)C1. The molecule has 0 aromatic carbocycles. The number of nitrogens with two attached hydrogens (primary N) is 1. The normalized spacial score (nSPS) is 26.1. The fourth-order valence-electron chi connectivity index (χ4n) is 2.77. The van der Waals surface area contributed by atoms with Crippen molar-refractivity contribution in [1.82, 2.24) is 4.90 Å². The van der Waals surface area contributed by atoms with Gasteiger partial charge in [-0.25, -0.2) is 0 Å². The van der Waals surface area contributed by atoms with Crippen molar-refractivity contribution in [3.63, 3.8) is 0 Å². The maximum Gasteiger partial charge on any atom is 0.0760 e. The highest BCUT2D eigenvalue weighted by Gasteiger charge is 2.37. The predicted octanol–water partition coefficient (Wildman–Crippen LogP) is 2.25. The van der Waals surface area contributed by atoms with E-state index in [0.717, 1.165) is 26.1 Å². The van der Waals surface area contributed by atoms with Gasteiger partial charge >= 0.3 is 0 Å². The lowest BCUT2D eigenvalue weighted by Crippen LogP contribution is -2.57. The fraction of sp³-hybridized carbons (Fsp3) is 1.00. The Balaban J connectivity index is 2.49. The molecule has 1 unspecified atom stereocenters. The van der Waals surface area contributed by atoms with E-state index in [2.05, 4.69) is 46.4 Å². The summed E-state index contributed by atoms with van der Waals surface area (Å²) in [4.78, 5) is 2.49. The summed E-state index contributed by atoms with van der Waals surface area (Å²) in [7, 11) is 0. The Morgan fingerprint density at radius 3 is 2.00 bits per heavy atom. The monoisotopic (exact) mass is 242 g/mol. The van der Waals surface area contributed by atoms with Crippen LogP contribution in [-0.2, 0) is 4.74 Å². The molecule has 0 aliphatic carbocycles. The number of nitrogens with zero attached hydrogens (tertiary/aromatic N) is 1. The topological polar surface area (TPSA) is 38.5 Å². The van der Waals surface area contributed by atoms with Gasteiger partial charge in [0.05, 0.1) is 11.2 Å². The first-order chi connectivity index (χ1) is 7.61. The third-order valence-corrected chi connectivity index (χ3v) is 3.40. The summed E-state index contributed by atoms with van der Waals surface area (Å²) < 4.78 is 6.07. The molecule has 102 valence electrons. The van der Waals surface area contributed by atoms with Crippen LogP contribution in [0.15, 0.2) is 0 Å². The third kappa shape index (κ3) is 4.94. The summed E-state index contributed by atoms with van der Waals surface area (Å²) in [6, 6.07) is 0.309. The van der Waals surface area contributed by atoms with Gasteiger partial charge in [-0.05, 0) is 46.6 Å². The molecule has 2 N–H and O–H groups in total. The van der Waals surface area contributed by atoms with Crippen LogP contribution in [0.1, 0.15) is 48.0 Å². The molecule has 0 spiro atoms. The minimum absolute atomic E-state index is 0.0519. The molecule has 1 aliphatic rings. The molecule has 3 heteroatoms. The van der Waals surface area contributed by atoms with E-state index in [4.69, 9.17) is 10.5 Å². The zero-order valence-corrected chi connectivity index (χ0v) is 12.4. The summed E-state index contributed by atoms with van der Waals surface area (Å²) in [5.41, 5.74) is 6.01. The summed E-state index contributed by atoms with van der Waals surface area (Å²) >= 11 is 0. The van der Waals surface area contributed by atoms with Gasteiger partial charge in [-0.1, -0.05) is 13.8 Å². The Hall–Kier alpha value is -0.120. The largest absolute Gasteiger partial charge is 0.367 e. The Labute approximate surface area is 107 Å². The summed E-state index contributed by atoms with van der Waals surface area (Å²) in [5, 5.41) is 0. The lowest BCUT2D eigenvalue weighted by atomic mass is 9.97. The van der Waals surface area contributed by atoms with Gasteiger partial charge in [-0.15, -0.1) is 0 Å². The molecule has 1 aliphatic heterocycles. The molecule has 0 saturated carbocycles. The first kappa shape index (κ1) is 14.9. The van der Waals surface area contributed by atoms with Crippen molar-refractivity contribution in [2.24, 2.45) is 11.7 Å². The fourth-order valence-corrected chi connectivity index (χ4v) is 2.77. The van der Waals surface area contributed by atoms with Crippen molar-refractivity contribution < 1.29 is 4.74 Å². The van der Waals surface area contributed by atoms with E-state index >= 15 is 0 Å². The number of hydrogen-bond acceptors (Lipinski definition) is 3. The van der Waals surface area contributed by atoms with Gasteiger partial charge in [0.2, 0.25) is 0 Å². The van der Waals surface area contributed by atoms with Crippen LogP contribution < -0.4 is 5.73 Å². The van der Waals surface area contributed by atoms with Crippen molar-refractivity contribution in [3.05, 3.63) is 0 Å². The molecule has 0 amide bonds. The van der Waals surface area contributed by atoms with Crippen LogP contribution in [0.4, 0.5) is 0 Å². The molecule has 1 atom stereocenters. The van der Waals surface area contributed by atoms with Gasteiger partial charge in [-0.3, -0.25) is 4.90 Å². The Morgan fingerprint density at radius 1 is 1.12 bits per heavy atom. The molecule has 0 aromatic heterocycles. The van der Waals surface area contributed by atoms with Crippen LogP contribution in [0.2, 0.25) is 0 Å². The molecule has 1 fully saturated rings. The van der Waals surface area contributed by atoms with E-state index in [9.17, 15) is 0 Å². The number of morpholine rings is 1. The zero-order chi connectivity index (χ0) is 13.3.